The van der Waals surface area contributed by atoms with Gasteiger partial charge in [-0.25, -0.2) is 8.42 Å². The Balaban J connectivity index is 2.76. The molecule has 0 aliphatic rings. The van der Waals surface area contributed by atoms with Crippen molar-refractivity contribution in [3.8, 4) is 0 Å². The van der Waals surface area contributed by atoms with Crippen molar-refractivity contribution in [1.29, 1.82) is 0 Å². The van der Waals surface area contributed by atoms with Crippen molar-refractivity contribution in [3.63, 3.8) is 0 Å². The van der Waals surface area contributed by atoms with Crippen LogP contribution in [-0.4, -0.2) is 51.4 Å². The van der Waals surface area contributed by atoms with Gasteiger partial charge in [-0.3, -0.25) is 4.79 Å². The minimum Gasteiger partial charge on any atom is -0.351 e. The third-order valence-electron chi connectivity index (χ3n) is 3.30. The summed E-state index contributed by atoms with van der Waals surface area (Å²) in [5.41, 5.74) is 0.454. The Morgan fingerprint density at radius 3 is 2.14 bits per heavy atom. The number of hydrogen-bond donors (Lipinski definition) is 2. The Bertz CT molecular complexity index is 566. The van der Waals surface area contributed by atoms with Gasteiger partial charge < -0.3 is 10.6 Å². The molecule has 0 unspecified atom stereocenters. The molecule has 124 valence electrons. The van der Waals surface area contributed by atoms with Gasteiger partial charge in [0.1, 0.15) is 0 Å². The lowest BCUT2D eigenvalue weighted by molar-refractivity contribution is 0.0954. The van der Waals surface area contributed by atoms with Crippen molar-refractivity contribution in [2.24, 2.45) is 0 Å². The molecule has 22 heavy (non-hydrogen) atoms. The van der Waals surface area contributed by atoms with E-state index in [0.717, 1.165) is 6.54 Å². The van der Waals surface area contributed by atoms with Gasteiger partial charge in [-0.05, 0) is 30.8 Å². The van der Waals surface area contributed by atoms with E-state index in [4.69, 9.17) is 0 Å². The molecule has 1 aromatic carbocycles. The van der Waals surface area contributed by atoms with Crippen LogP contribution in [-0.2, 0) is 10.0 Å². The van der Waals surface area contributed by atoms with Crippen LogP contribution in [0.1, 0.15) is 31.1 Å². The summed E-state index contributed by atoms with van der Waals surface area (Å²) < 4.78 is 26.1. The molecule has 0 saturated heterocycles. The third-order valence-corrected chi connectivity index (χ3v) is 5.36. The van der Waals surface area contributed by atoms with Crippen molar-refractivity contribution in [3.05, 3.63) is 29.8 Å². The van der Waals surface area contributed by atoms with Crippen LogP contribution in [0.25, 0.3) is 0 Å². The van der Waals surface area contributed by atoms with Crippen molar-refractivity contribution in [1.82, 2.24) is 14.9 Å². The van der Waals surface area contributed by atoms with Gasteiger partial charge >= 0.3 is 0 Å². The maximum atomic E-state index is 12.3. The molecule has 1 aromatic rings. The lowest BCUT2D eigenvalue weighted by Crippen LogP contribution is -2.32. The molecule has 7 heteroatoms. The number of nitrogens with zero attached hydrogens (tertiary/aromatic N) is 1. The second kappa shape index (κ2) is 8.87. The summed E-state index contributed by atoms with van der Waals surface area (Å²) in [6, 6.07) is 6.04. The standard InChI is InChI=1S/C15H25N3O3S/c1-4-16-11-12-17-15(19)13-7-9-14(10-8-13)22(20,21)18(5-2)6-3/h7-10,16H,4-6,11-12H2,1-3H3,(H,17,19). The molecule has 2 N–H and O–H groups in total. The summed E-state index contributed by atoms with van der Waals surface area (Å²) >= 11 is 0. The van der Waals surface area contributed by atoms with E-state index in [1.807, 2.05) is 6.92 Å². The molecular formula is C15H25N3O3S. The van der Waals surface area contributed by atoms with Gasteiger partial charge in [0.05, 0.1) is 4.90 Å². The van der Waals surface area contributed by atoms with Crippen LogP contribution < -0.4 is 10.6 Å². The summed E-state index contributed by atoms with van der Waals surface area (Å²) in [4.78, 5) is 12.1. The third kappa shape index (κ3) is 4.79. The quantitative estimate of drug-likeness (QED) is 0.665. The van der Waals surface area contributed by atoms with Gasteiger partial charge in [0.25, 0.3) is 5.91 Å². The van der Waals surface area contributed by atoms with E-state index in [9.17, 15) is 13.2 Å². The minimum absolute atomic E-state index is 0.204. The highest BCUT2D eigenvalue weighted by atomic mass is 32.2. The molecule has 0 aromatic heterocycles. The molecule has 0 heterocycles. The van der Waals surface area contributed by atoms with Crippen molar-refractivity contribution in [2.45, 2.75) is 25.7 Å². The number of rotatable bonds is 9. The van der Waals surface area contributed by atoms with Crippen LogP contribution in [0.2, 0.25) is 0 Å². The Morgan fingerprint density at radius 1 is 1.05 bits per heavy atom. The Hall–Kier alpha value is -1.44. The van der Waals surface area contributed by atoms with Crippen LogP contribution in [0.4, 0.5) is 0 Å². The zero-order valence-corrected chi connectivity index (χ0v) is 14.2. The second-order valence-electron chi connectivity index (χ2n) is 4.72. The van der Waals surface area contributed by atoms with Gasteiger partial charge in [0.15, 0.2) is 0 Å². The summed E-state index contributed by atoms with van der Waals surface area (Å²) in [6.07, 6.45) is 0. The first-order valence-corrected chi connectivity index (χ1v) is 9.00. The molecule has 0 bridgehead atoms. The molecule has 0 aliphatic carbocycles. The molecule has 6 nitrogen and oxygen atoms in total. The topological polar surface area (TPSA) is 78.5 Å². The van der Waals surface area contributed by atoms with Crippen LogP contribution >= 0.6 is 0 Å². The van der Waals surface area contributed by atoms with Crippen molar-refractivity contribution >= 4 is 15.9 Å². The van der Waals surface area contributed by atoms with Gasteiger partial charge in [0, 0.05) is 31.7 Å². The average Bonchev–Trinajstić information content (AvgIpc) is 2.52. The molecule has 0 fully saturated rings. The molecule has 1 rings (SSSR count). The highest BCUT2D eigenvalue weighted by Crippen LogP contribution is 2.16. The van der Waals surface area contributed by atoms with Crippen molar-refractivity contribution < 1.29 is 13.2 Å². The van der Waals surface area contributed by atoms with Crippen LogP contribution in [0.3, 0.4) is 0 Å². The number of hydrogen-bond acceptors (Lipinski definition) is 4. The predicted molar refractivity (Wildman–Crippen MR) is 87.4 cm³/mol. The van der Waals surface area contributed by atoms with Gasteiger partial charge in [-0.2, -0.15) is 4.31 Å². The highest BCUT2D eigenvalue weighted by Gasteiger charge is 2.21. The molecule has 1 amide bonds. The minimum atomic E-state index is -3.48. The fraction of sp³-hybridized carbons (Fsp3) is 0.533. The zero-order chi connectivity index (χ0) is 16.6. The number of nitrogens with one attached hydrogen (secondary N) is 2. The number of likely N-dealkylation sites (N-methyl/N-ethyl adjacent to an activating group) is 1. The normalized spacial score (nSPS) is 11.6. The number of carbonyl (C=O) groups excluding carboxylic acids is 1. The summed E-state index contributed by atoms with van der Waals surface area (Å²) in [6.45, 7) is 8.53. The van der Waals surface area contributed by atoms with Gasteiger partial charge in [-0.15, -0.1) is 0 Å². The first kappa shape index (κ1) is 18.6. The maximum Gasteiger partial charge on any atom is 0.251 e. The highest BCUT2D eigenvalue weighted by molar-refractivity contribution is 7.89. The van der Waals surface area contributed by atoms with Crippen LogP contribution in [0.15, 0.2) is 29.2 Å². The second-order valence-corrected chi connectivity index (χ2v) is 6.66. The Morgan fingerprint density at radius 2 is 1.64 bits per heavy atom. The van der Waals surface area contributed by atoms with E-state index in [1.54, 1.807) is 26.0 Å². The van der Waals surface area contributed by atoms with E-state index in [0.29, 0.717) is 31.7 Å². The largest absolute Gasteiger partial charge is 0.351 e. The predicted octanol–water partition coefficient (Wildman–Crippen LogP) is 1.06. The van der Waals surface area contributed by atoms with Crippen molar-refractivity contribution in [2.75, 3.05) is 32.7 Å². The first-order valence-electron chi connectivity index (χ1n) is 7.56. The van der Waals surface area contributed by atoms with E-state index >= 15 is 0 Å². The van der Waals surface area contributed by atoms with Gasteiger partial charge in [-0.1, -0.05) is 20.8 Å². The number of carbonyl (C=O) groups is 1. The van der Waals surface area contributed by atoms with E-state index in [-0.39, 0.29) is 10.8 Å². The van der Waals surface area contributed by atoms with E-state index < -0.39 is 10.0 Å². The summed E-state index contributed by atoms with van der Waals surface area (Å²) in [5, 5.41) is 5.89. The number of benzene rings is 1. The molecular weight excluding hydrogens is 302 g/mol. The van der Waals surface area contributed by atoms with Crippen LogP contribution in [0.5, 0.6) is 0 Å². The molecule has 0 saturated carbocycles. The number of sulfonamides is 1. The van der Waals surface area contributed by atoms with Gasteiger partial charge in [0.2, 0.25) is 10.0 Å². The zero-order valence-electron chi connectivity index (χ0n) is 13.4. The summed E-state index contributed by atoms with van der Waals surface area (Å²) in [7, 11) is -3.48. The smallest absolute Gasteiger partial charge is 0.251 e. The summed E-state index contributed by atoms with van der Waals surface area (Å²) in [5.74, 6) is -0.204. The monoisotopic (exact) mass is 327 g/mol. The molecule has 0 aliphatic heterocycles. The Kier molecular flexibility index (Phi) is 7.50. The molecule has 0 radical (unpaired) electrons. The van der Waals surface area contributed by atoms with E-state index in [2.05, 4.69) is 10.6 Å². The Labute approximate surface area is 132 Å². The fourth-order valence-electron chi connectivity index (χ4n) is 2.03. The molecule has 0 atom stereocenters. The SMILES string of the molecule is CCNCCNC(=O)c1ccc(S(=O)(=O)N(CC)CC)cc1. The average molecular weight is 327 g/mol. The lowest BCUT2D eigenvalue weighted by atomic mass is 10.2. The molecule has 0 spiro atoms. The maximum absolute atomic E-state index is 12.3. The lowest BCUT2D eigenvalue weighted by Gasteiger charge is -2.18. The number of amides is 1. The first-order chi connectivity index (χ1) is 10.5. The fourth-order valence-corrected chi connectivity index (χ4v) is 3.49. The van der Waals surface area contributed by atoms with E-state index in [1.165, 1.54) is 16.4 Å². The van der Waals surface area contributed by atoms with Crippen LogP contribution in [0, 0.1) is 0 Å².